The molecule has 0 bridgehead atoms. The molecule has 3 rings (SSSR count). The molecule has 0 aliphatic heterocycles. The standard InChI is InChI=1S/C12H8N2O.CH6N2/c15-7-8-5-10-9-3-1-2-4-11(9)14-12(10)6-13-8;1-3-2/h1-7,14H;3H,2H2,1H3. The van der Waals surface area contributed by atoms with Crippen LogP contribution in [0.15, 0.2) is 36.5 Å². The van der Waals surface area contributed by atoms with Gasteiger partial charge in [-0.25, -0.2) is 0 Å². The van der Waals surface area contributed by atoms with Crippen molar-refractivity contribution in [2.24, 2.45) is 5.84 Å². The molecule has 0 spiro atoms. The third-order valence-corrected chi connectivity index (χ3v) is 2.53. The number of nitrogens with one attached hydrogen (secondary N) is 2. The van der Waals surface area contributed by atoms with Crippen molar-refractivity contribution in [2.45, 2.75) is 0 Å². The quantitative estimate of drug-likeness (QED) is 0.344. The Balaban J connectivity index is 0.000000367. The number of para-hydroxylation sites is 1. The van der Waals surface area contributed by atoms with Crippen LogP contribution >= 0.6 is 0 Å². The molecule has 5 heteroatoms. The Morgan fingerprint density at radius 1 is 1.28 bits per heavy atom. The maximum atomic E-state index is 10.6. The van der Waals surface area contributed by atoms with Gasteiger partial charge in [-0.05, 0) is 19.2 Å². The number of H-pyrrole nitrogens is 1. The van der Waals surface area contributed by atoms with Gasteiger partial charge in [-0.15, -0.1) is 0 Å². The molecule has 5 nitrogen and oxygen atoms in total. The third kappa shape index (κ3) is 2.22. The van der Waals surface area contributed by atoms with Gasteiger partial charge in [-0.2, -0.15) is 0 Å². The molecule has 18 heavy (non-hydrogen) atoms. The van der Waals surface area contributed by atoms with Crippen LogP contribution in [-0.2, 0) is 0 Å². The summed E-state index contributed by atoms with van der Waals surface area (Å²) >= 11 is 0. The first-order valence-electron chi connectivity index (χ1n) is 5.49. The zero-order valence-electron chi connectivity index (χ0n) is 9.97. The van der Waals surface area contributed by atoms with Crippen LogP contribution in [0.3, 0.4) is 0 Å². The number of pyridine rings is 1. The average molecular weight is 242 g/mol. The highest BCUT2D eigenvalue weighted by molar-refractivity contribution is 6.07. The number of nitrogens with zero attached hydrogens (tertiary/aromatic N) is 1. The molecule has 0 saturated carbocycles. The number of benzene rings is 1. The molecule has 4 N–H and O–H groups in total. The number of hydrogen-bond acceptors (Lipinski definition) is 4. The van der Waals surface area contributed by atoms with E-state index in [2.05, 4.69) is 21.2 Å². The molecule has 2 heterocycles. The number of hydrazine groups is 1. The summed E-state index contributed by atoms with van der Waals surface area (Å²) in [5, 5.41) is 2.17. The Kier molecular flexibility index (Phi) is 3.66. The van der Waals surface area contributed by atoms with Gasteiger partial charge in [0.05, 0.1) is 11.7 Å². The number of aromatic nitrogens is 2. The lowest BCUT2D eigenvalue weighted by Crippen LogP contribution is -2.13. The van der Waals surface area contributed by atoms with Gasteiger partial charge in [0.2, 0.25) is 0 Å². The van der Waals surface area contributed by atoms with Crippen LogP contribution in [0.2, 0.25) is 0 Å². The van der Waals surface area contributed by atoms with Crippen LogP contribution in [0.25, 0.3) is 21.8 Å². The number of rotatable bonds is 1. The minimum atomic E-state index is 0.465. The van der Waals surface area contributed by atoms with Crippen LogP contribution < -0.4 is 11.3 Å². The Morgan fingerprint density at radius 2 is 2.00 bits per heavy atom. The number of fused-ring (bicyclic) bond motifs is 3. The molecule has 0 aliphatic rings. The summed E-state index contributed by atoms with van der Waals surface area (Å²) in [4.78, 5) is 17.9. The molecular formula is C13H14N4O. The second-order valence-corrected chi connectivity index (χ2v) is 3.73. The minimum Gasteiger partial charge on any atom is -0.353 e. The first kappa shape index (κ1) is 12.2. The Hall–Kier alpha value is -2.24. The van der Waals surface area contributed by atoms with E-state index >= 15 is 0 Å². The maximum Gasteiger partial charge on any atom is 0.168 e. The molecule has 0 atom stereocenters. The molecule has 0 aliphatic carbocycles. The topological polar surface area (TPSA) is 83.8 Å². The molecule has 0 fully saturated rings. The Bertz CT molecular complexity index is 675. The number of carbonyl (C=O) groups is 1. The van der Waals surface area contributed by atoms with E-state index in [0.717, 1.165) is 28.1 Å². The fourth-order valence-corrected chi connectivity index (χ4v) is 1.83. The molecule has 0 radical (unpaired) electrons. The molecule has 92 valence electrons. The molecule has 0 saturated heterocycles. The van der Waals surface area contributed by atoms with Crippen LogP contribution in [-0.4, -0.2) is 23.3 Å². The van der Waals surface area contributed by atoms with E-state index < -0.39 is 0 Å². The van der Waals surface area contributed by atoms with Crippen molar-refractivity contribution >= 4 is 28.1 Å². The predicted molar refractivity (Wildman–Crippen MR) is 72.2 cm³/mol. The number of aldehydes is 1. The van der Waals surface area contributed by atoms with Gasteiger partial charge >= 0.3 is 0 Å². The number of hydrogen-bond donors (Lipinski definition) is 3. The summed E-state index contributed by atoms with van der Waals surface area (Å²) in [6.45, 7) is 0. The summed E-state index contributed by atoms with van der Waals surface area (Å²) in [6.07, 6.45) is 2.46. The SMILES string of the molecule is CNN.O=Cc1cc2c(cn1)[nH]c1ccccc12. The highest BCUT2D eigenvalue weighted by atomic mass is 16.1. The average Bonchev–Trinajstić information content (AvgIpc) is 2.77. The van der Waals surface area contributed by atoms with E-state index in [1.165, 1.54) is 0 Å². The van der Waals surface area contributed by atoms with Gasteiger partial charge in [-0.1, -0.05) is 18.2 Å². The lowest BCUT2D eigenvalue weighted by molar-refractivity contribution is 0.111. The number of aromatic amines is 1. The van der Waals surface area contributed by atoms with Crippen LogP contribution in [0.4, 0.5) is 0 Å². The van der Waals surface area contributed by atoms with E-state index in [1.54, 1.807) is 19.3 Å². The predicted octanol–water partition coefficient (Wildman–Crippen LogP) is 1.61. The monoisotopic (exact) mass is 242 g/mol. The van der Waals surface area contributed by atoms with Gasteiger partial charge < -0.3 is 4.98 Å². The lowest BCUT2D eigenvalue weighted by Gasteiger charge is -1.91. The third-order valence-electron chi connectivity index (χ3n) is 2.53. The molecule has 0 amide bonds. The van der Waals surface area contributed by atoms with Crippen molar-refractivity contribution in [2.75, 3.05) is 7.05 Å². The number of carbonyl (C=O) groups excluding carboxylic acids is 1. The lowest BCUT2D eigenvalue weighted by atomic mass is 10.2. The first-order valence-corrected chi connectivity index (χ1v) is 5.49. The van der Waals surface area contributed by atoms with Crippen molar-refractivity contribution in [1.29, 1.82) is 0 Å². The molecule has 1 aromatic carbocycles. The van der Waals surface area contributed by atoms with E-state index in [-0.39, 0.29) is 0 Å². The summed E-state index contributed by atoms with van der Waals surface area (Å²) in [6, 6.07) is 9.81. The van der Waals surface area contributed by atoms with Gasteiger partial charge in [0.25, 0.3) is 0 Å². The Morgan fingerprint density at radius 3 is 2.72 bits per heavy atom. The van der Waals surface area contributed by atoms with E-state index in [9.17, 15) is 4.79 Å². The van der Waals surface area contributed by atoms with Crippen LogP contribution in [0, 0.1) is 0 Å². The van der Waals surface area contributed by atoms with Gasteiger partial charge in [0.1, 0.15) is 5.69 Å². The molecular weight excluding hydrogens is 228 g/mol. The zero-order valence-corrected chi connectivity index (χ0v) is 9.97. The van der Waals surface area contributed by atoms with Crippen molar-refractivity contribution in [3.63, 3.8) is 0 Å². The van der Waals surface area contributed by atoms with E-state index in [0.29, 0.717) is 5.69 Å². The van der Waals surface area contributed by atoms with E-state index in [1.807, 2.05) is 24.3 Å². The minimum absolute atomic E-state index is 0.465. The molecule has 0 unspecified atom stereocenters. The van der Waals surface area contributed by atoms with Crippen LogP contribution in [0.5, 0.6) is 0 Å². The summed E-state index contributed by atoms with van der Waals surface area (Å²) < 4.78 is 0. The zero-order chi connectivity index (χ0) is 13.0. The van der Waals surface area contributed by atoms with Crippen LogP contribution in [0.1, 0.15) is 10.5 Å². The van der Waals surface area contributed by atoms with E-state index in [4.69, 9.17) is 0 Å². The van der Waals surface area contributed by atoms with Gasteiger partial charge in [0.15, 0.2) is 6.29 Å². The highest BCUT2D eigenvalue weighted by Crippen LogP contribution is 2.24. The normalized spacial score (nSPS) is 10.1. The summed E-state index contributed by atoms with van der Waals surface area (Å²) in [5.74, 6) is 4.60. The highest BCUT2D eigenvalue weighted by Gasteiger charge is 2.04. The van der Waals surface area contributed by atoms with Gasteiger partial charge in [-0.3, -0.25) is 21.0 Å². The fourth-order valence-electron chi connectivity index (χ4n) is 1.83. The second-order valence-electron chi connectivity index (χ2n) is 3.73. The smallest absolute Gasteiger partial charge is 0.168 e. The number of nitrogens with two attached hydrogens (primary N) is 1. The molecule has 3 aromatic rings. The second kappa shape index (κ2) is 5.39. The summed E-state index contributed by atoms with van der Waals surface area (Å²) in [5.41, 5.74) is 4.74. The van der Waals surface area contributed by atoms with Crippen molar-refractivity contribution < 1.29 is 4.79 Å². The Labute approximate surface area is 104 Å². The summed E-state index contributed by atoms with van der Waals surface area (Å²) in [7, 11) is 1.65. The largest absolute Gasteiger partial charge is 0.353 e. The van der Waals surface area contributed by atoms with Crippen molar-refractivity contribution in [3.8, 4) is 0 Å². The van der Waals surface area contributed by atoms with Crippen molar-refractivity contribution in [3.05, 3.63) is 42.2 Å². The fraction of sp³-hybridized carbons (Fsp3) is 0.0769. The van der Waals surface area contributed by atoms with Crippen molar-refractivity contribution in [1.82, 2.24) is 15.4 Å². The first-order chi connectivity index (χ1) is 8.80. The maximum absolute atomic E-state index is 10.6. The molecule has 2 aromatic heterocycles. The van der Waals surface area contributed by atoms with Gasteiger partial charge in [0, 0.05) is 16.3 Å².